The van der Waals surface area contributed by atoms with Gasteiger partial charge in [-0.1, -0.05) is 79.7 Å². The number of fused-ring (bicyclic) bond motifs is 1. The summed E-state index contributed by atoms with van der Waals surface area (Å²) < 4.78 is 5.38. The summed E-state index contributed by atoms with van der Waals surface area (Å²) in [6, 6.07) is 24.5. The van der Waals surface area contributed by atoms with Crippen LogP contribution >= 0.6 is 0 Å². The Balaban J connectivity index is 1.54. The van der Waals surface area contributed by atoms with E-state index in [1.165, 1.54) is 0 Å². The first-order valence-corrected chi connectivity index (χ1v) is 12.7. The normalized spacial score (nSPS) is 17.5. The number of ether oxygens (including phenoxy) is 1. The molecule has 1 aliphatic rings. The number of carbonyl (C=O) groups excluding carboxylic acids is 2. The molecular formula is C31H34N2O5. The van der Waals surface area contributed by atoms with E-state index >= 15 is 0 Å². The average Bonchev–Trinajstić information content (AvgIpc) is 3.15. The number of nitrogens with zero attached hydrogens (tertiary/aromatic N) is 2. The summed E-state index contributed by atoms with van der Waals surface area (Å²) in [6.07, 6.45) is 3.48. The van der Waals surface area contributed by atoms with Gasteiger partial charge in [0.2, 0.25) is 5.91 Å². The molecule has 3 aromatic rings. The molecule has 0 radical (unpaired) electrons. The SMILES string of the molecule is COc1ccc2c(c1)[C@@](O)([C@H](C)/C=C/CC(=O)N(CCO)Cc1ccccc1)C(=O)N2Cc1ccccc1. The number of hydrogen-bond acceptors (Lipinski definition) is 5. The highest BCUT2D eigenvalue weighted by Gasteiger charge is 2.52. The van der Waals surface area contributed by atoms with Gasteiger partial charge in [0.1, 0.15) is 5.75 Å². The Kier molecular flexibility index (Phi) is 8.61. The summed E-state index contributed by atoms with van der Waals surface area (Å²) in [4.78, 5) is 29.9. The fourth-order valence-electron chi connectivity index (χ4n) is 4.83. The van der Waals surface area contributed by atoms with E-state index in [0.717, 1.165) is 11.1 Å². The summed E-state index contributed by atoms with van der Waals surface area (Å²) in [7, 11) is 1.54. The van der Waals surface area contributed by atoms with E-state index in [4.69, 9.17) is 4.74 Å². The van der Waals surface area contributed by atoms with E-state index in [0.29, 0.717) is 30.1 Å². The third kappa shape index (κ3) is 5.64. The Morgan fingerprint density at radius 2 is 1.71 bits per heavy atom. The van der Waals surface area contributed by atoms with Crippen LogP contribution in [0, 0.1) is 5.92 Å². The number of benzene rings is 3. The smallest absolute Gasteiger partial charge is 0.264 e. The van der Waals surface area contributed by atoms with Crippen molar-refractivity contribution in [1.82, 2.24) is 4.90 Å². The quantitative estimate of drug-likeness (QED) is 0.377. The molecule has 0 spiro atoms. The van der Waals surface area contributed by atoms with Crippen LogP contribution in [0.2, 0.25) is 0 Å². The highest BCUT2D eigenvalue weighted by molar-refractivity contribution is 6.07. The van der Waals surface area contributed by atoms with Crippen LogP contribution in [0.5, 0.6) is 5.75 Å². The first-order chi connectivity index (χ1) is 18.4. The highest BCUT2D eigenvalue weighted by atomic mass is 16.5. The molecule has 0 aliphatic carbocycles. The minimum Gasteiger partial charge on any atom is -0.497 e. The molecule has 3 aromatic carbocycles. The van der Waals surface area contributed by atoms with Gasteiger partial charge in [0, 0.05) is 31.0 Å². The van der Waals surface area contributed by atoms with Crippen LogP contribution in [0.25, 0.3) is 0 Å². The molecule has 0 aromatic heterocycles. The maximum Gasteiger partial charge on any atom is 0.264 e. The predicted octanol–water partition coefficient (Wildman–Crippen LogP) is 4.03. The molecule has 0 saturated heterocycles. The lowest BCUT2D eigenvalue weighted by Gasteiger charge is -2.28. The summed E-state index contributed by atoms with van der Waals surface area (Å²) in [5, 5.41) is 21.3. The van der Waals surface area contributed by atoms with Gasteiger partial charge in [-0.25, -0.2) is 0 Å². The van der Waals surface area contributed by atoms with E-state index in [9.17, 15) is 19.8 Å². The average molecular weight is 515 g/mol. The molecule has 0 fully saturated rings. The number of carbonyl (C=O) groups is 2. The third-order valence-electron chi connectivity index (χ3n) is 6.97. The van der Waals surface area contributed by atoms with Crippen molar-refractivity contribution < 1.29 is 24.5 Å². The molecule has 1 heterocycles. The van der Waals surface area contributed by atoms with Gasteiger partial charge in [-0.15, -0.1) is 0 Å². The zero-order valence-corrected chi connectivity index (χ0v) is 21.8. The second-order valence-corrected chi connectivity index (χ2v) is 9.47. The van der Waals surface area contributed by atoms with Crippen LogP contribution in [-0.2, 0) is 28.3 Å². The number of methoxy groups -OCH3 is 1. The summed E-state index contributed by atoms with van der Waals surface area (Å²) in [5.74, 6) is -0.638. The Morgan fingerprint density at radius 1 is 1.05 bits per heavy atom. The largest absolute Gasteiger partial charge is 0.497 e. The van der Waals surface area contributed by atoms with Gasteiger partial charge in [-0.05, 0) is 29.3 Å². The highest BCUT2D eigenvalue weighted by Crippen LogP contribution is 2.47. The van der Waals surface area contributed by atoms with Gasteiger partial charge in [0.15, 0.2) is 5.60 Å². The van der Waals surface area contributed by atoms with Gasteiger partial charge in [0.05, 0.1) is 25.9 Å². The zero-order chi connectivity index (χ0) is 27.1. The number of hydrogen-bond donors (Lipinski definition) is 2. The molecule has 38 heavy (non-hydrogen) atoms. The van der Waals surface area contributed by atoms with Crippen LogP contribution in [0.15, 0.2) is 91.0 Å². The number of anilines is 1. The van der Waals surface area contributed by atoms with Crippen molar-refractivity contribution in [3.8, 4) is 5.75 Å². The predicted molar refractivity (Wildman–Crippen MR) is 146 cm³/mol. The Bertz CT molecular complexity index is 1280. The molecule has 4 rings (SSSR count). The van der Waals surface area contributed by atoms with Gasteiger partial charge in [0.25, 0.3) is 5.91 Å². The van der Waals surface area contributed by atoms with Gasteiger partial charge in [-0.2, -0.15) is 0 Å². The van der Waals surface area contributed by atoms with Crippen molar-refractivity contribution >= 4 is 17.5 Å². The molecular weight excluding hydrogens is 480 g/mol. The van der Waals surface area contributed by atoms with E-state index in [-0.39, 0.29) is 25.5 Å². The number of rotatable bonds is 11. The lowest BCUT2D eigenvalue weighted by atomic mass is 9.83. The summed E-state index contributed by atoms with van der Waals surface area (Å²) in [6.45, 7) is 2.58. The molecule has 0 saturated carbocycles. The first-order valence-electron chi connectivity index (χ1n) is 12.7. The molecule has 0 unspecified atom stereocenters. The fraction of sp³-hybridized carbons (Fsp3) is 0.290. The van der Waals surface area contributed by atoms with E-state index in [1.807, 2.05) is 60.7 Å². The molecule has 2 atom stereocenters. The Labute approximate surface area is 223 Å². The number of aliphatic hydroxyl groups is 2. The van der Waals surface area contributed by atoms with Crippen molar-refractivity contribution in [2.24, 2.45) is 5.92 Å². The standard InChI is InChI=1S/C31H34N2O5/c1-23(10-9-15-29(35)32(18-19-34)21-24-11-5-3-6-12-24)31(37)27-20-26(38-2)16-17-28(27)33(30(31)36)22-25-13-7-4-8-14-25/h3-14,16-17,20,23,34,37H,15,18-19,21-22H2,1-2H3/b10-9+/t23-,31+/m1/s1. The van der Waals surface area contributed by atoms with Crippen LogP contribution in [0.1, 0.15) is 30.0 Å². The Morgan fingerprint density at radius 3 is 2.34 bits per heavy atom. The van der Waals surface area contributed by atoms with Crippen molar-refractivity contribution in [3.63, 3.8) is 0 Å². The molecule has 198 valence electrons. The van der Waals surface area contributed by atoms with Crippen molar-refractivity contribution in [1.29, 1.82) is 0 Å². The maximum atomic E-state index is 13.7. The summed E-state index contributed by atoms with van der Waals surface area (Å²) in [5.41, 5.74) is 1.22. The van der Waals surface area contributed by atoms with Crippen LogP contribution in [0.4, 0.5) is 5.69 Å². The van der Waals surface area contributed by atoms with Gasteiger partial charge >= 0.3 is 0 Å². The van der Waals surface area contributed by atoms with Crippen LogP contribution in [0.3, 0.4) is 0 Å². The lowest BCUT2D eigenvalue weighted by molar-refractivity contribution is -0.139. The second kappa shape index (κ2) is 12.1. The monoisotopic (exact) mass is 514 g/mol. The van der Waals surface area contributed by atoms with Gasteiger partial charge < -0.3 is 24.7 Å². The minimum absolute atomic E-state index is 0.0835. The molecule has 0 bridgehead atoms. The van der Waals surface area contributed by atoms with Crippen molar-refractivity contribution in [3.05, 3.63) is 108 Å². The third-order valence-corrected chi connectivity index (χ3v) is 6.97. The molecule has 7 nitrogen and oxygen atoms in total. The maximum absolute atomic E-state index is 13.7. The summed E-state index contributed by atoms with van der Waals surface area (Å²) >= 11 is 0. The zero-order valence-electron chi connectivity index (χ0n) is 21.8. The number of amides is 2. The lowest BCUT2D eigenvalue weighted by Crippen LogP contribution is -2.44. The molecule has 1 aliphatic heterocycles. The van der Waals surface area contributed by atoms with E-state index < -0.39 is 17.4 Å². The number of aliphatic hydroxyl groups excluding tert-OH is 1. The Hall–Kier alpha value is -3.94. The fourth-order valence-corrected chi connectivity index (χ4v) is 4.83. The topological polar surface area (TPSA) is 90.3 Å². The second-order valence-electron chi connectivity index (χ2n) is 9.47. The molecule has 7 heteroatoms. The molecule has 2 amide bonds. The van der Waals surface area contributed by atoms with Crippen LogP contribution in [-0.4, -0.2) is 47.2 Å². The van der Waals surface area contributed by atoms with Gasteiger partial charge in [-0.3, -0.25) is 9.59 Å². The van der Waals surface area contributed by atoms with E-state index in [2.05, 4.69) is 0 Å². The van der Waals surface area contributed by atoms with E-state index in [1.54, 1.807) is 54.2 Å². The molecule has 2 N–H and O–H groups in total. The minimum atomic E-state index is -1.81. The van der Waals surface area contributed by atoms with Crippen LogP contribution < -0.4 is 9.64 Å². The van der Waals surface area contributed by atoms with Crippen molar-refractivity contribution in [2.45, 2.75) is 32.0 Å². The first kappa shape index (κ1) is 27.1. The van der Waals surface area contributed by atoms with Crippen molar-refractivity contribution in [2.75, 3.05) is 25.2 Å².